The lowest BCUT2D eigenvalue weighted by Crippen LogP contribution is -2.17. The zero-order chi connectivity index (χ0) is 13.2. The zero-order valence-corrected chi connectivity index (χ0v) is 12.2. The van der Waals surface area contributed by atoms with Crippen LogP contribution in [0.25, 0.3) is 0 Å². The van der Waals surface area contributed by atoms with Gasteiger partial charge in [-0.15, -0.1) is 0 Å². The molecule has 0 spiro atoms. The molecule has 0 saturated carbocycles. The van der Waals surface area contributed by atoms with Crippen LogP contribution >= 0.6 is 15.9 Å². The number of aryl methyl sites for hydroxylation is 1. The maximum atomic E-state index is 11.1. The molecule has 0 bridgehead atoms. The normalized spacial score (nSPS) is 14.7. The van der Waals surface area contributed by atoms with E-state index < -0.39 is 0 Å². The van der Waals surface area contributed by atoms with Crippen LogP contribution in [-0.2, 0) is 0 Å². The van der Waals surface area contributed by atoms with Gasteiger partial charge in [-0.05, 0) is 18.4 Å². The van der Waals surface area contributed by atoms with Crippen LogP contribution < -0.4 is 0 Å². The molecular formula is C13H18BrNO2. The number of rotatable bonds is 4. The van der Waals surface area contributed by atoms with Gasteiger partial charge in [0.15, 0.2) is 0 Å². The topological polar surface area (TPSA) is 43.1 Å². The molecule has 0 N–H and O–H groups in total. The fraction of sp³-hybridized carbons (Fsp3) is 0.538. The van der Waals surface area contributed by atoms with Crippen LogP contribution in [-0.4, -0.2) is 9.75 Å². The molecule has 1 aromatic carbocycles. The van der Waals surface area contributed by atoms with Crippen molar-refractivity contribution in [2.75, 3.05) is 0 Å². The summed E-state index contributed by atoms with van der Waals surface area (Å²) in [5.41, 5.74) is 1.97. The number of alkyl halides is 1. The van der Waals surface area contributed by atoms with Crippen molar-refractivity contribution in [3.8, 4) is 0 Å². The van der Waals surface area contributed by atoms with Crippen molar-refractivity contribution in [2.45, 2.75) is 38.4 Å². The molecular weight excluding hydrogens is 282 g/mol. The molecule has 0 aliphatic heterocycles. The lowest BCUT2D eigenvalue weighted by atomic mass is 9.85. The predicted octanol–water partition coefficient (Wildman–Crippen LogP) is 4.43. The fourth-order valence-corrected chi connectivity index (χ4v) is 3.13. The second-order valence-electron chi connectivity index (χ2n) is 4.77. The standard InChI is InChI=1S/C13H18BrNO2/c1-8(2)13(10(4)14)11-6-5-9(3)7-12(11)15(16)17/h5-8,10,13H,1-4H3. The fourth-order valence-electron chi connectivity index (χ4n) is 2.23. The van der Waals surface area contributed by atoms with Crippen LogP contribution in [0.5, 0.6) is 0 Å². The number of nitro groups is 1. The van der Waals surface area contributed by atoms with Gasteiger partial charge < -0.3 is 0 Å². The molecule has 0 fully saturated rings. The zero-order valence-electron chi connectivity index (χ0n) is 10.6. The van der Waals surface area contributed by atoms with Gasteiger partial charge in [-0.25, -0.2) is 0 Å². The van der Waals surface area contributed by atoms with Crippen molar-refractivity contribution in [3.05, 3.63) is 39.4 Å². The van der Waals surface area contributed by atoms with Crippen molar-refractivity contribution >= 4 is 21.6 Å². The van der Waals surface area contributed by atoms with Crippen molar-refractivity contribution in [1.82, 2.24) is 0 Å². The average Bonchev–Trinajstić information content (AvgIpc) is 2.19. The number of halogens is 1. The van der Waals surface area contributed by atoms with Gasteiger partial charge in [0.25, 0.3) is 5.69 Å². The van der Waals surface area contributed by atoms with Crippen molar-refractivity contribution in [1.29, 1.82) is 0 Å². The third-order valence-electron chi connectivity index (χ3n) is 2.95. The summed E-state index contributed by atoms with van der Waals surface area (Å²) in [4.78, 5) is 11.0. The lowest BCUT2D eigenvalue weighted by Gasteiger charge is -2.24. The first-order valence-electron chi connectivity index (χ1n) is 5.73. The molecule has 0 aromatic heterocycles. The molecule has 4 heteroatoms. The van der Waals surface area contributed by atoms with Crippen LogP contribution in [0.4, 0.5) is 5.69 Å². The summed E-state index contributed by atoms with van der Waals surface area (Å²) in [7, 11) is 0. The highest BCUT2D eigenvalue weighted by molar-refractivity contribution is 9.09. The minimum absolute atomic E-state index is 0.149. The molecule has 17 heavy (non-hydrogen) atoms. The Bertz CT molecular complexity index is 408. The van der Waals surface area contributed by atoms with E-state index in [1.54, 1.807) is 6.07 Å². The maximum absolute atomic E-state index is 11.1. The Hall–Kier alpha value is -0.900. The van der Waals surface area contributed by atoms with Gasteiger partial charge in [0.1, 0.15) is 0 Å². The second kappa shape index (κ2) is 5.63. The van der Waals surface area contributed by atoms with Crippen LogP contribution in [0.1, 0.15) is 37.8 Å². The SMILES string of the molecule is Cc1ccc(C(C(C)C)C(C)Br)c([N+](=O)[O-])c1. The van der Waals surface area contributed by atoms with E-state index in [0.29, 0.717) is 5.92 Å². The summed E-state index contributed by atoms with van der Waals surface area (Å²) in [6.07, 6.45) is 0. The molecule has 2 atom stereocenters. The number of hydrogen-bond acceptors (Lipinski definition) is 2. The summed E-state index contributed by atoms with van der Waals surface area (Å²) >= 11 is 3.56. The summed E-state index contributed by atoms with van der Waals surface area (Å²) < 4.78 is 0. The second-order valence-corrected chi connectivity index (χ2v) is 6.21. The Morgan fingerprint density at radius 3 is 2.29 bits per heavy atom. The van der Waals surface area contributed by atoms with Crippen LogP contribution in [0.15, 0.2) is 18.2 Å². The number of nitrogens with zero attached hydrogens (tertiary/aromatic N) is 1. The number of benzene rings is 1. The summed E-state index contributed by atoms with van der Waals surface area (Å²) in [5, 5.41) is 11.1. The predicted molar refractivity (Wildman–Crippen MR) is 73.8 cm³/mol. The molecule has 0 aliphatic carbocycles. The minimum atomic E-state index is -0.285. The van der Waals surface area contributed by atoms with E-state index in [0.717, 1.165) is 11.1 Å². The minimum Gasteiger partial charge on any atom is -0.258 e. The molecule has 3 nitrogen and oxygen atoms in total. The highest BCUT2D eigenvalue weighted by atomic mass is 79.9. The van der Waals surface area contributed by atoms with Gasteiger partial charge in [-0.1, -0.05) is 48.8 Å². The molecule has 0 radical (unpaired) electrons. The quantitative estimate of drug-likeness (QED) is 0.469. The number of nitro benzene ring substituents is 1. The van der Waals surface area contributed by atoms with Gasteiger partial charge in [0, 0.05) is 22.4 Å². The maximum Gasteiger partial charge on any atom is 0.273 e. The molecule has 1 rings (SSSR count). The monoisotopic (exact) mass is 299 g/mol. The van der Waals surface area contributed by atoms with E-state index in [4.69, 9.17) is 0 Å². The van der Waals surface area contributed by atoms with Gasteiger partial charge >= 0.3 is 0 Å². The van der Waals surface area contributed by atoms with Crippen molar-refractivity contribution in [3.63, 3.8) is 0 Å². The van der Waals surface area contributed by atoms with Gasteiger partial charge in [0.2, 0.25) is 0 Å². The first-order chi connectivity index (χ1) is 7.84. The smallest absolute Gasteiger partial charge is 0.258 e. The van der Waals surface area contributed by atoms with E-state index in [2.05, 4.69) is 29.8 Å². The summed E-state index contributed by atoms with van der Waals surface area (Å²) in [5.74, 6) is 0.502. The molecule has 0 saturated heterocycles. The molecule has 2 unspecified atom stereocenters. The van der Waals surface area contributed by atoms with Crippen LogP contribution in [0, 0.1) is 23.0 Å². The Balaban J connectivity index is 3.32. The van der Waals surface area contributed by atoms with Crippen molar-refractivity contribution in [2.24, 2.45) is 5.92 Å². The number of hydrogen-bond donors (Lipinski definition) is 0. The van der Waals surface area contributed by atoms with E-state index in [-0.39, 0.29) is 21.4 Å². The van der Waals surface area contributed by atoms with Crippen LogP contribution in [0.2, 0.25) is 0 Å². The molecule has 1 aromatic rings. The Kier molecular flexibility index (Phi) is 4.69. The van der Waals surface area contributed by atoms with Gasteiger partial charge in [0.05, 0.1) is 4.92 Å². The van der Waals surface area contributed by atoms with Gasteiger partial charge in [-0.2, -0.15) is 0 Å². The third kappa shape index (κ3) is 3.28. The highest BCUT2D eigenvalue weighted by Gasteiger charge is 2.27. The average molecular weight is 300 g/mol. The highest BCUT2D eigenvalue weighted by Crippen LogP contribution is 2.37. The Morgan fingerprint density at radius 2 is 1.88 bits per heavy atom. The van der Waals surface area contributed by atoms with E-state index in [1.807, 2.05) is 26.0 Å². The molecule has 94 valence electrons. The van der Waals surface area contributed by atoms with Crippen molar-refractivity contribution < 1.29 is 4.92 Å². The van der Waals surface area contributed by atoms with E-state index in [1.165, 1.54) is 0 Å². The summed E-state index contributed by atoms with van der Waals surface area (Å²) in [6, 6.07) is 5.48. The molecule has 0 amide bonds. The molecule has 0 aliphatic rings. The van der Waals surface area contributed by atoms with Crippen LogP contribution in [0.3, 0.4) is 0 Å². The van der Waals surface area contributed by atoms with Gasteiger partial charge in [-0.3, -0.25) is 10.1 Å². The third-order valence-corrected chi connectivity index (χ3v) is 3.52. The Labute approximate surface area is 111 Å². The largest absolute Gasteiger partial charge is 0.273 e. The molecule has 0 heterocycles. The first kappa shape index (κ1) is 14.2. The first-order valence-corrected chi connectivity index (χ1v) is 6.65. The van der Waals surface area contributed by atoms with E-state index in [9.17, 15) is 10.1 Å². The Morgan fingerprint density at radius 1 is 1.29 bits per heavy atom. The lowest BCUT2D eigenvalue weighted by molar-refractivity contribution is -0.385. The van der Waals surface area contributed by atoms with E-state index >= 15 is 0 Å². The summed E-state index contributed by atoms with van der Waals surface area (Å²) in [6.45, 7) is 8.09.